The fourth-order valence-electron chi connectivity index (χ4n) is 3.69. The first-order valence-corrected chi connectivity index (χ1v) is 8.65. The van der Waals surface area contributed by atoms with Crippen LogP contribution >= 0.6 is 0 Å². The molecule has 134 valence electrons. The van der Waals surface area contributed by atoms with Gasteiger partial charge in [0, 0.05) is 6.54 Å². The second-order valence-electron chi connectivity index (χ2n) is 6.43. The number of carbonyl (C=O) groups is 1. The summed E-state index contributed by atoms with van der Waals surface area (Å²) < 4.78 is 21.7. The summed E-state index contributed by atoms with van der Waals surface area (Å²) >= 11 is 0. The molecule has 1 saturated heterocycles. The zero-order chi connectivity index (χ0) is 17.5. The van der Waals surface area contributed by atoms with Crippen molar-refractivity contribution in [3.63, 3.8) is 0 Å². The third-order valence-corrected chi connectivity index (χ3v) is 4.93. The first-order chi connectivity index (χ1) is 12.8. The molecule has 1 unspecified atom stereocenters. The van der Waals surface area contributed by atoms with Gasteiger partial charge in [0.15, 0.2) is 23.0 Å². The van der Waals surface area contributed by atoms with Crippen molar-refractivity contribution in [1.29, 1.82) is 0 Å². The molecule has 3 aliphatic rings. The molecular weight excluding hydrogens is 336 g/mol. The van der Waals surface area contributed by atoms with Crippen LogP contribution in [0.15, 0.2) is 36.4 Å². The number of nitrogens with one attached hydrogen (secondary N) is 1. The van der Waals surface area contributed by atoms with Gasteiger partial charge >= 0.3 is 6.03 Å². The highest BCUT2D eigenvalue weighted by Gasteiger charge is 2.32. The zero-order valence-corrected chi connectivity index (χ0v) is 14.1. The lowest BCUT2D eigenvalue weighted by Crippen LogP contribution is -2.34. The largest absolute Gasteiger partial charge is 0.454 e. The van der Waals surface area contributed by atoms with Gasteiger partial charge < -0.3 is 29.2 Å². The number of hydrogen-bond donors (Lipinski definition) is 1. The lowest BCUT2D eigenvalue weighted by atomic mass is 10.0. The maximum atomic E-state index is 12.9. The van der Waals surface area contributed by atoms with Crippen LogP contribution in [0, 0.1) is 0 Å². The molecule has 3 aliphatic heterocycles. The molecule has 7 heteroatoms. The van der Waals surface area contributed by atoms with Crippen LogP contribution in [0.3, 0.4) is 0 Å². The van der Waals surface area contributed by atoms with Gasteiger partial charge in [0.25, 0.3) is 0 Å². The minimum atomic E-state index is -0.144. The normalized spacial score (nSPS) is 19.7. The van der Waals surface area contributed by atoms with E-state index in [1.807, 2.05) is 41.3 Å². The highest BCUT2D eigenvalue weighted by atomic mass is 16.7. The van der Waals surface area contributed by atoms with Crippen LogP contribution in [0.5, 0.6) is 23.0 Å². The van der Waals surface area contributed by atoms with Crippen molar-refractivity contribution < 1.29 is 23.7 Å². The number of fused-ring (bicyclic) bond motifs is 2. The Morgan fingerprint density at radius 1 is 1.00 bits per heavy atom. The third kappa shape index (κ3) is 2.47. The van der Waals surface area contributed by atoms with Crippen molar-refractivity contribution in [2.45, 2.75) is 18.9 Å². The summed E-state index contributed by atoms with van der Waals surface area (Å²) in [6, 6.07) is 11.2. The number of urea groups is 1. The van der Waals surface area contributed by atoms with Crippen LogP contribution in [0.2, 0.25) is 0 Å². The van der Waals surface area contributed by atoms with Gasteiger partial charge in [-0.15, -0.1) is 0 Å². The lowest BCUT2D eigenvalue weighted by Gasteiger charge is -2.25. The molecule has 1 fully saturated rings. The van der Waals surface area contributed by atoms with Crippen LogP contribution in [-0.4, -0.2) is 31.1 Å². The summed E-state index contributed by atoms with van der Waals surface area (Å²) in [5.41, 5.74) is 1.68. The minimum absolute atomic E-state index is 0.0124. The van der Waals surface area contributed by atoms with E-state index in [9.17, 15) is 4.79 Å². The molecule has 0 aromatic heterocycles. The summed E-state index contributed by atoms with van der Waals surface area (Å²) in [4.78, 5) is 14.7. The number of carbonyl (C=O) groups excluding carboxylic acids is 1. The van der Waals surface area contributed by atoms with E-state index >= 15 is 0 Å². The maximum absolute atomic E-state index is 12.9. The van der Waals surface area contributed by atoms with Gasteiger partial charge in [-0.25, -0.2) is 4.79 Å². The monoisotopic (exact) mass is 354 g/mol. The van der Waals surface area contributed by atoms with Gasteiger partial charge in [0.2, 0.25) is 13.6 Å². The molecular formula is C19H18N2O5. The van der Waals surface area contributed by atoms with Gasteiger partial charge in [-0.3, -0.25) is 0 Å². The topological polar surface area (TPSA) is 69.3 Å². The highest BCUT2D eigenvalue weighted by molar-refractivity contribution is 5.92. The Balaban J connectivity index is 1.37. The van der Waals surface area contributed by atoms with E-state index in [1.165, 1.54) is 0 Å². The fourth-order valence-corrected chi connectivity index (χ4v) is 3.69. The molecule has 0 saturated carbocycles. The van der Waals surface area contributed by atoms with E-state index < -0.39 is 0 Å². The second-order valence-corrected chi connectivity index (χ2v) is 6.43. The van der Waals surface area contributed by atoms with Gasteiger partial charge in [-0.2, -0.15) is 0 Å². The number of benzene rings is 2. The molecule has 3 heterocycles. The van der Waals surface area contributed by atoms with E-state index in [4.69, 9.17) is 18.9 Å². The molecule has 0 aliphatic carbocycles. The smallest absolute Gasteiger partial charge is 0.322 e. The van der Waals surface area contributed by atoms with E-state index in [1.54, 1.807) is 0 Å². The highest BCUT2D eigenvalue weighted by Crippen LogP contribution is 2.41. The van der Waals surface area contributed by atoms with E-state index in [0.29, 0.717) is 23.7 Å². The van der Waals surface area contributed by atoms with Crippen LogP contribution in [0.1, 0.15) is 24.4 Å². The molecule has 1 atom stereocenters. The number of amides is 2. The Morgan fingerprint density at radius 3 is 2.81 bits per heavy atom. The van der Waals surface area contributed by atoms with E-state index in [2.05, 4.69) is 5.32 Å². The predicted octanol–water partition coefficient (Wildman–Crippen LogP) is 3.51. The molecule has 2 amide bonds. The van der Waals surface area contributed by atoms with Crippen LogP contribution in [-0.2, 0) is 0 Å². The molecule has 1 N–H and O–H groups in total. The number of ether oxygens (including phenoxy) is 4. The standard InChI is InChI=1S/C19H18N2O5/c22-19(20-13-3-1-5-16-18(13)26-11-24-16)21-8-2-4-14(21)12-6-7-15-17(9-12)25-10-23-15/h1,3,5-7,9,14H,2,4,8,10-11H2,(H,20,22). The Hall–Kier alpha value is -3.09. The van der Waals surface area contributed by atoms with Crippen LogP contribution < -0.4 is 24.3 Å². The second kappa shape index (κ2) is 6.01. The van der Waals surface area contributed by atoms with Gasteiger partial charge in [-0.1, -0.05) is 12.1 Å². The Morgan fingerprint density at radius 2 is 1.85 bits per heavy atom. The van der Waals surface area contributed by atoms with Crippen molar-refractivity contribution in [3.05, 3.63) is 42.0 Å². The molecule has 5 rings (SSSR count). The average Bonchev–Trinajstić information content (AvgIpc) is 3.40. The molecule has 2 aromatic carbocycles. The minimum Gasteiger partial charge on any atom is -0.454 e. The van der Waals surface area contributed by atoms with Gasteiger partial charge in [0.05, 0.1) is 11.7 Å². The Bertz CT molecular complexity index is 869. The summed E-state index contributed by atoms with van der Waals surface area (Å²) in [5, 5.41) is 2.96. The number of anilines is 1. The number of likely N-dealkylation sites (tertiary alicyclic amines) is 1. The summed E-state index contributed by atoms with van der Waals surface area (Å²) in [6.45, 7) is 1.12. The number of nitrogens with zero attached hydrogens (tertiary/aromatic N) is 1. The average molecular weight is 354 g/mol. The quantitative estimate of drug-likeness (QED) is 0.894. The summed E-state index contributed by atoms with van der Waals surface area (Å²) in [7, 11) is 0. The SMILES string of the molecule is O=C(Nc1cccc2c1OCO2)N1CCCC1c1ccc2c(c1)OCO2. The lowest BCUT2D eigenvalue weighted by molar-refractivity contribution is 0.173. The molecule has 0 radical (unpaired) electrons. The number of para-hydroxylation sites is 1. The number of hydrogen-bond acceptors (Lipinski definition) is 5. The number of rotatable bonds is 2. The van der Waals surface area contributed by atoms with Crippen molar-refractivity contribution in [3.8, 4) is 23.0 Å². The Labute approximate surface area is 150 Å². The van der Waals surface area contributed by atoms with E-state index in [0.717, 1.165) is 29.9 Å². The molecule has 0 bridgehead atoms. The van der Waals surface area contributed by atoms with Crippen molar-refractivity contribution >= 4 is 11.7 Å². The summed E-state index contributed by atoms with van der Waals surface area (Å²) in [5.74, 6) is 2.72. The van der Waals surface area contributed by atoms with Gasteiger partial charge in [-0.05, 0) is 42.7 Å². The first kappa shape index (κ1) is 15.2. The Kier molecular flexibility index (Phi) is 3.51. The van der Waals surface area contributed by atoms with E-state index in [-0.39, 0.29) is 25.7 Å². The summed E-state index contributed by atoms with van der Waals surface area (Å²) in [6.07, 6.45) is 1.87. The van der Waals surface area contributed by atoms with Crippen LogP contribution in [0.25, 0.3) is 0 Å². The van der Waals surface area contributed by atoms with Crippen molar-refractivity contribution in [2.24, 2.45) is 0 Å². The maximum Gasteiger partial charge on any atom is 0.322 e. The van der Waals surface area contributed by atoms with Gasteiger partial charge in [0.1, 0.15) is 0 Å². The molecule has 0 spiro atoms. The van der Waals surface area contributed by atoms with Crippen molar-refractivity contribution in [2.75, 3.05) is 25.4 Å². The fraction of sp³-hybridized carbons (Fsp3) is 0.316. The molecule has 26 heavy (non-hydrogen) atoms. The van der Waals surface area contributed by atoms with Crippen molar-refractivity contribution in [1.82, 2.24) is 4.90 Å². The molecule has 2 aromatic rings. The zero-order valence-electron chi connectivity index (χ0n) is 14.1. The predicted molar refractivity (Wildman–Crippen MR) is 92.8 cm³/mol. The van der Waals surface area contributed by atoms with Crippen LogP contribution in [0.4, 0.5) is 10.5 Å². The first-order valence-electron chi connectivity index (χ1n) is 8.65. The third-order valence-electron chi connectivity index (χ3n) is 4.93. The molecule has 7 nitrogen and oxygen atoms in total.